The highest BCUT2D eigenvalue weighted by Crippen LogP contribution is 1.99. The van der Waals surface area contributed by atoms with Gasteiger partial charge in [-0.3, -0.25) is 4.57 Å². The summed E-state index contributed by atoms with van der Waals surface area (Å²) in [6.07, 6.45) is 5.75. The molecule has 1 amide bonds. The van der Waals surface area contributed by atoms with Gasteiger partial charge in [0.05, 0.1) is 0 Å². The van der Waals surface area contributed by atoms with E-state index in [-0.39, 0.29) is 6.03 Å². The minimum absolute atomic E-state index is 0.106. The summed E-state index contributed by atoms with van der Waals surface area (Å²) in [4.78, 5) is 20.2. The van der Waals surface area contributed by atoms with E-state index in [1.807, 2.05) is 0 Å². The van der Waals surface area contributed by atoms with Crippen LogP contribution < -0.4 is 5.32 Å². The van der Waals surface area contributed by atoms with Gasteiger partial charge in [-0.15, -0.1) is 0 Å². The van der Waals surface area contributed by atoms with Gasteiger partial charge in [-0.25, -0.2) is 9.78 Å². The number of carbonyl (C=O) groups excluding carboxylic acids is 1. The smallest absolute Gasteiger partial charge is 0.326 e. The monoisotopic (exact) mass is 251 g/mol. The molecule has 1 saturated heterocycles. The second-order valence-corrected chi connectivity index (χ2v) is 4.70. The molecule has 0 radical (unpaired) electrons. The van der Waals surface area contributed by atoms with Crippen molar-refractivity contribution in [2.24, 2.45) is 0 Å². The maximum Gasteiger partial charge on any atom is 0.326 e. The molecule has 1 aliphatic rings. The van der Waals surface area contributed by atoms with Crippen LogP contribution in [0.1, 0.15) is 6.42 Å². The van der Waals surface area contributed by atoms with Crippen LogP contribution in [0.4, 0.5) is 4.79 Å². The predicted octanol–water partition coefficient (Wildman–Crippen LogP) is 0.0783. The number of rotatable bonds is 4. The van der Waals surface area contributed by atoms with Crippen LogP contribution in [0.2, 0.25) is 0 Å². The molecule has 1 aromatic rings. The van der Waals surface area contributed by atoms with E-state index in [1.54, 1.807) is 12.4 Å². The second kappa shape index (κ2) is 6.51. The molecule has 0 aliphatic carbocycles. The Labute approximate surface area is 108 Å². The van der Waals surface area contributed by atoms with Crippen molar-refractivity contribution >= 4 is 6.03 Å². The molecular weight excluding hydrogens is 230 g/mol. The maximum absolute atomic E-state index is 11.6. The lowest BCUT2D eigenvalue weighted by Gasteiger charge is -2.32. The van der Waals surface area contributed by atoms with Gasteiger partial charge in [0, 0.05) is 45.1 Å². The fourth-order valence-corrected chi connectivity index (χ4v) is 2.04. The molecule has 6 heteroatoms. The summed E-state index contributed by atoms with van der Waals surface area (Å²) in [5, 5.41) is 2.88. The minimum atomic E-state index is -0.106. The van der Waals surface area contributed by atoms with E-state index in [2.05, 4.69) is 27.1 Å². The molecule has 100 valence electrons. The van der Waals surface area contributed by atoms with Crippen LogP contribution >= 0.6 is 0 Å². The van der Waals surface area contributed by atoms with Gasteiger partial charge >= 0.3 is 6.03 Å². The van der Waals surface area contributed by atoms with Crippen LogP contribution in [0, 0.1) is 0 Å². The summed E-state index contributed by atoms with van der Waals surface area (Å²) in [6, 6.07) is -0.106. The number of aromatic nitrogens is 2. The highest BCUT2D eigenvalue weighted by atomic mass is 16.2. The van der Waals surface area contributed by atoms with Gasteiger partial charge in [0.15, 0.2) is 0 Å². The molecule has 1 N–H and O–H groups in total. The number of likely N-dealkylation sites (N-methyl/N-ethyl adjacent to an activating group) is 1. The lowest BCUT2D eigenvalue weighted by Crippen LogP contribution is -2.45. The summed E-state index contributed by atoms with van der Waals surface area (Å²) in [5.41, 5.74) is 0. The van der Waals surface area contributed by atoms with Crippen LogP contribution in [-0.4, -0.2) is 71.7 Å². The summed E-state index contributed by atoms with van der Waals surface area (Å²) in [7, 11) is 2.16. The third-order valence-corrected chi connectivity index (χ3v) is 3.26. The number of imidazole rings is 1. The van der Waals surface area contributed by atoms with E-state index in [1.165, 1.54) is 10.9 Å². The van der Waals surface area contributed by atoms with Gasteiger partial charge in [0.2, 0.25) is 0 Å². The predicted molar refractivity (Wildman–Crippen MR) is 69.6 cm³/mol. The van der Waals surface area contributed by atoms with Crippen molar-refractivity contribution in [3.63, 3.8) is 0 Å². The highest BCUT2D eigenvalue weighted by Gasteiger charge is 2.12. The van der Waals surface area contributed by atoms with Gasteiger partial charge in [-0.05, 0) is 20.0 Å². The Morgan fingerprint density at radius 1 is 1.33 bits per heavy atom. The van der Waals surface area contributed by atoms with E-state index < -0.39 is 0 Å². The largest absolute Gasteiger partial charge is 0.337 e. The van der Waals surface area contributed by atoms with Crippen LogP contribution in [0.15, 0.2) is 18.7 Å². The molecule has 0 aromatic carbocycles. The Kier molecular flexibility index (Phi) is 4.72. The van der Waals surface area contributed by atoms with Crippen molar-refractivity contribution in [1.82, 2.24) is 24.7 Å². The topological polar surface area (TPSA) is 53.4 Å². The summed E-state index contributed by atoms with van der Waals surface area (Å²) >= 11 is 0. The molecule has 1 aromatic heterocycles. The summed E-state index contributed by atoms with van der Waals surface area (Å²) < 4.78 is 1.45. The number of nitrogens with one attached hydrogen (secondary N) is 1. The minimum Gasteiger partial charge on any atom is -0.337 e. The maximum atomic E-state index is 11.6. The zero-order valence-corrected chi connectivity index (χ0v) is 10.9. The number of piperazine rings is 1. The number of amides is 1. The van der Waals surface area contributed by atoms with Crippen molar-refractivity contribution in [2.45, 2.75) is 6.42 Å². The first kappa shape index (κ1) is 13.0. The lowest BCUT2D eigenvalue weighted by molar-refractivity contribution is 0.153. The Morgan fingerprint density at radius 2 is 2.11 bits per heavy atom. The molecule has 0 spiro atoms. The Balaban J connectivity index is 1.57. The fourth-order valence-electron chi connectivity index (χ4n) is 2.04. The zero-order valence-electron chi connectivity index (χ0n) is 10.9. The summed E-state index contributed by atoms with van der Waals surface area (Å²) in [5.74, 6) is 0. The van der Waals surface area contributed by atoms with Gasteiger partial charge in [0.25, 0.3) is 0 Å². The average Bonchev–Trinajstić information content (AvgIpc) is 2.90. The summed E-state index contributed by atoms with van der Waals surface area (Å²) in [6.45, 7) is 6.31. The van der Waals surface area contributed by atoms with Gasteiger partial charge < -0.3 is 15.1 Å². The number of nitrogens with zero attached hydrogens (tertiary/aromatic N) is 4. The number of hydrogen-bond donors (Lipinski definition) is 1. The second-order valence-electron chi connectivity index (χ2n) is 4.70. The molecule has 0 unspecified atom stereocenters. The number of carbonyl (C=O) groups is 1. The molecular formula is C12H21N5O. The molecule has 2 heterocycles. The van der Waals surface area contributed by atoms with Crippen LogP contribution in [0.5, 0.6) is 0 Å². The van der Waals surface area contributed by atoms with E-state index in [0.717, 1.165) is 39.1 Å². The van der Waals surface area contributed by atoms with Crippen molar-refractivity contribution in [3.8, 4) is 0 Å². The standard InChI is InChI=1S/C12H21N5O/c1-15-7-9-16(10-8-15)5-2-3-14-12(18)17-6-4-13-11-17/h4,6,11H,2-3,5,7-10H2,1H3,(H,14,18). The number of hydrogen-bond acceptors (Lipinski definition) is 4. The zero-order chi connectivity index (χ0) is 12.8. The van der Waals surface area contributed by atoms with E-state index in [9.17, 15) is 4.79 Å². The van der Waals surface area contributed by atoms with Crippen LogP contribution in [-0.2, 0) is 0 Å². The Morgan fingerprint density at radius 3 is 2.78 bits per heavy atom. The normalized spacial score (nSPS) is 17.8. The van der Waals surface area contributed by atoms with Crippen molar-refractivity contribution in [3.05, 3.63) is 18.7 Å². The van der Waals surface area contributed by atoms with Gasteiger partial charge in [-0.2, -0.15) is 0 Å². The highest BCUT2D eigenvalue weighted by molar-refractivity contribution is 5.76. The molecule has 2 rings (SSSR count). The molecule has 18 heavy (non-hydrogen) atoms. The molecule has 6 nitrogen and oxygen atoms in total. The van der Waals surface area contributed by atoms with Crippen molar-refractivity contribution in [2.75, 3.05) is 46.3 Å². The fraction of sp³-hybridized carbons (Fsp3) is 0.667. The first-order valence-electron chi connectivity index (χ1n) is 6.43. The Bertz CT molecular complexity index is 357. The lowest BCUT2D eigenvalue weighted by atomic mass is 10.3. The third kappa shape index (κ3) is 3.82. The molecule has 0 bridgehead atoms. The SMILES string of the molecule is CN1CCN(CCCNC(=O)n2ccnc2)CC1. The van der Waals surface area contributed by atoms with E-state index in [4.69, 9.17) is 0 Å². The quantitative estimate of drug-likeness (QED) is 0.770. The van der Waals surface area contributed by atoms with Crippen LogP contribution in [0.25, 0.3) is 0 Å². The average molecular weight is 251 g/mol. The van der Waals surface area contributed by atoms with Crippen molar-refractivity contribution < 1.29 is 4.79 Å². The van der Waals surface area contributed by atoms with Gasteiger partial charge in [0.1, 0.15) is 6.33 Å². The molecule has 1 fully saturated rings. The first-order chi connectivity index (χ1) is 8.75. The van der Waals surface area contributed by atoms with E-state index in [0.29, 0.717) is 6.54 Å². The molecule has 1 aliphatic heterocycles. The third-order valence-electron chi connectivity index (χ3n) is 3.26. The van der Waals surface area contributed by atoms with Crippen LogP contribution in [0.3, 0.4) is 0 Å². The van der Waals surface area contributed by atoms with Crippen molar-refractivity contribution in [1.29, 1.82) is 0 Å². The Hall–Kier alpha value is -1.40. The van der Waals surface area contributed by atoms with E-state index >= 15 is 0 Å². The molecule has 0 atom stereocenters. The van der Waals surface area contributed by atoms with Gasteiger partial charge in [-0.1, -0.05) is 0 Å². The molecule has 0 saturated carbocycles. The first-order valence-corrected chi connectivity index (χ1v) is 6.43.